The molecule has 1 aliphatic heterocycles. The second-order valence-corrected chi connectivity index (χ2v) is 3.93. The van der Waals surface area contributed by atoms with E-state index in [9.17, 15) is 14.7 Å². The minimum absolute atomic E-state index is 0.00458. The highest BCUT2D eigenvalue weighted by atomic mass is 16.6. The summed E-state index contributed by atoms with van der Waals surface area (Å²) in [7, 11) is 0. The third kappa shape index (κ3) is 1.72. The predicted octanol–water partition coefficient (Wildman–Crippen LogP) is 2.53. The van der Waals surface area contributed by atoms with Gasteiger partial charge in [0, 0.05) is 0 Å². The van der Waals surface area contributed by atoms with Crippen LogP contribution in [0.1, 0.15) is 20.7 Å². The summed E-state index contributed by atoms with van der Waals surface area (Å²) < 4.78 is 10.7. The SMILES string of the molecule is O=Cc1c(O)ccc2c1Oc1ccccc1OC2=O. The number of hydrogen-bond acceptors (Lipinski definition) is 5. The van der Waals surface area contributed by atoms with Gasteiger partial charge in [-0.2, -0.15) is 0 Å². The van der Waals surface area contributed by atoms with Gasteiger partial charge in [-0.3, -0.25) is 4.79 Å². The summed E-state index contributed by atoms with van der Waals surface area (Å²) in [4.78, 5) is 23.0. The van der Waals surface area contributed by atoms with E-state index < -0.39 is 5.97 Å². The number of esters is 1. The zero-order chi connectivity index (χ0) is 13.4. The van der Waals surface area contributed by atoms with Gasteiger partial charge in [-0.25, -0.2) is 4.79 Å². The van der Waals surface area contributed by atoms with E-state index in [2.05, 4.69) is 0 Å². The maximum atomic E-state index is 11.9. The van der Waals surface area contributed by atoms with Gasteiger partial charge in [0.2, 0.25) is 0 Å². The van der Waals surface area contributed by atoms with E-state index in [1.165, 1.54) is 12.1 Å². The predicted molar refractivity (Wildman–Crippen MR) is 65.0 cm³/mol. The Labute approximate surface area is 108 Å². The second kappa shape index (κ2) is 4.13. The molecule has 0 fully saturated rings. The smallest absolute Gasteiger partial charge is 0.347 e. The first-order valence-electron chi connectivity index (χ1n) is 5.51. The number of phenolic OH excluding ortho intramolecular Hbond substituents is 1. The average molecular weight is 256 g/mol. The number of hydrogen-bond donors (Lipinski definition) is 1. The van der Waals surface area contributed by atoms with Crippen molar-refractivity contribution in [1.82, 2.24) is 0 Å². The molecular formula is C14H8O5. The number of ether oxygens (including phenoxy) is 2. The molecule has 1 aliphatic rings. The molecule has 0 bridgehead atoms. The molecule has 0 atom stereocenters. The average Bonchev–Trinajstić information content (AvgIpc) is 2.54. The van der Waals surface area contributed by atoms with Crippen LogP contribution < -0.4 is 9.47 Å². The second-order valence-electron chi connectivity index (χ2n) is 3.93. The molecule has 0 saturated heterocycles. The minimum atomic E-state index is -0.636. The number of benzene rings is 2. The van der Waals surface area contributed by atoms with Crippen molar-refractivity contribution in [2.75, 3.05) is 0 Å². The van der Waals surface area contributed by atoms with Gasteiger partial charge >= 0.3 is 5.97 Å². The highest BCUT2D eigenvalue weighted by Gasteiger charge is 2.26. The summed E-state index contributed by atoms with van der Waals surface area (Å²) in [6.07, 6.45) is 0.440. The number of carbonyl (C=O) groups excluding carboxylic acids is 2. The Balaban J connectivity index is 2.26. The minimum Gasteiger partial charge on any atom is -0.507 e. The Kier molecular flexibility index (Phi) is 2.45. The molecule has 0 radical (unpaired) electrons. The van der Waals surface area contributed by atoms with Crippen LogP contribution in [0.3, 0.4) is 0 Å². The number of para-hydroxylation sites is 2. The van der Waals surface area contributed by atoms with E-state index in [1.54, 1.807) is 24.3 Å². The molecule has 0 aliphatic carbocycles. The molecule has 3 rings (SSSR count). The number of aldehydes is 1. The van der Waals surface area contributed by atoms with Gasteiger partial charge in [-0.05, 0) is 24.3 Å². The maximum Gasteiger partial charge on any atom is 0.347 e. The molecular weight excluding hydrogens is 248 g/mol. The van der Waals surface area contributed by atoms with Crippen LogP contribution in [-0.4, -0.2) is 17.4 Å². The zero-order valence-corrected chi connectivity index (χ0v) is 9.62. The molecule has 5 nitrogen and oxygen atoms in total. The van der Waals surface area contributed by atoms with Crippen LogP contribution in [0.2, 0.25) is 0 Å². The van der Waals surface area contributed by atoms with E-state index in [1.807, 2.05) is 0 Å². The molecule has 94 valence electrons. The lowest BCUT2D eigenvalue weighted by molar-refractivity contribution is 0.0737. The van der Waals surface area contributed by atoms with Crippen molar-refractivity contribution in [2.24, 2.45) is 0 Å². The van der Waals surface area contributed by atoms with E-state index >= 15 is 0 Å². The Hall–Kier alpha value is -2.82. The van der Waals surface area contributed by atoms with Gasteiger partial charge in [-0.15, -0.1) is 0 Å². The number of rotatable bonds is 1. The van der Waals surface area contributed by atoms with Crippen LogP contribution in [0.25, 0.3) is 0 Å². The lowest BCUT2D eigenvalue weighted by Crippen LogP contribution is -2.07. The third-order valence-electron chi connectivity index (χ3n) is 2.77. The maximum absolute atomic E-state index is 11.9. The molecule has 0 unspecified atom stereocenters. The Morgan fingerprint density at radius 3 is 2.37 bits per heavy atom. The molecule has 0 aromatic heterocycles. The van der Waals surface area contributed by atoms with Crippen molar-refractivity contribution in [3.63, 3.8) is 0 Å². The standard InChI is InChI=1S/C14H8O5/c15-7-9-10(16)6-5-8-13(9)18-11-3-1-2-4-12(11)19-14(8)17/h1-7,16H. The highest BCUT2D eigenvalue weighted by Crippen LogP contribution is 2.40. The molecule has 1 N–H and O–H groups in total. The number of fused-ring (bicyclic) bond motifs is 2. The van der Waals surface area contributed by atoms with Gasteiger partial charge in [0.25, 0.3) is 0 Å². The molecule has 0 amide bonds. The van der Waals surface area contributed by atoms with Crippen LogP contribution in [0.4, 0.5) is 0 Å². The summed E-state index contributed by atoms with van der Waals surface area (Å²) >= 11 is 0. The fourth-order valence-corrected chi connectivity index (χ4v) is 1.86. The number of carbonyl (C=O) groups is 2. The summed E-state index contributed by atoms with van der Waals surface area (Å²) in [5.41, 5.74) is 0.0160. The molecule has 2 aromatic rings. The van der Waals surface area contributed by atoms with Crippen LogP contribution in [0, 0.1) is 0 Å². The van der Waals surface area contributed by atoms with Gasteiger partial charge in [0.05, 0.1) is 5.56 Å². The number of phenols is 1. The van der Waals surface area contributed by atoms with E-state index in [0.717, 1.165) is 0 Å². The van der Waals surface area contributed by atoms with Crippen molar-refractivity contribution < 1.29 is 24.2 Å². The largest absolute Gasteiger partial charge is 0.507 e. The summed E-state index contributed by atoms with van der Waals surface area (Å²) in [6, 6.07) is 9.20. The zero-order valence-electron chi connectivity index (χ0n) is 9.62. The Morgan fingerprint density at radius 1 is 1.00 bits per heavy atom. The molecule has 0 saturated carbocycles. The van der Waals surface area contributed by atoms with Crippen LogP contribution in [0.15, 0.2) is 36.4 Å². The van der Waals surface area contributed by atoms with E-state index in [4.69, 9.17) is 9.47 Å². The molecule has 19 heavy (non-hydrogen) atoms. The topological polar surface area (TPSA) is 72.8 Å². The molecule has 0 spiro atoms. The first-order valence-corrected chi connectivity index (χ1v) is 5.51. The van der Waals surface area contributed by atoms with Crippen LogP contribution in [-0.2, 0) is 0 Å². The van der Waals surface area contributed by atoms with Gasteiger partial charge in [0.15, 0.2) is 23.5 Å². The summed E-state index contributed by atoms with van der Waals surface area (Å²) in [6.45, 7) is 0. The first kappa shape index (κ1) is 11.3. The normalized spacial score (nSPS) is 12.5. The quantitative estimate of drug-likeness (QED) is 0.482. The lowest BCUT2D eigenvalue weighted by Gasteiger charge is -2.09. The van der Waals surface area contributed by atoms with Gasteiger partial charge < -0.3 is 14.6 Å². The first-order chi connectivity index (χ1) is 9.20. The van der Waals surface area contributed by atoms with Crippen LogP contribution in [0.5, 0.6) is 23.0 Å². The van der Waals surface area contributed by atoms with Gasteiger partial charge in [0.1, 0.15) is 11.3 Å². The number of aromatic hydroxyl groups is 1. The molecule has 2 aromatic carbocycles. The fraction of sp³-hybridized carbons (Fsp3) is 0. The van der Waals surface area contributed by atoms with Crippen molar-refractivity contribution in [3.8, 4) is 23.0 Å². The van der Waals surface area contributed by atoms with Crippen molar-refractivity contribution in [1.29, 1.82) is 0 Å². The van der Waals surface area contributed by atoms with Crippen molar-refractivity contribution >= 4 is 12.3 Å². The van der Waals surface area contributed by atoms with E-state index in [0.29, 0.717) is 12.0 Å². The third-order valence-corrected chi connectivity index (χ3v) is 2.77. The monoisotopic (exact) mass is 256 g/mol. The molecule has 1 heterocycles. The fourth-order valence-electron chi connectivity index (χ4n) is 1.86. The summed E-state index contributed by atoms with van der Waals surface area (Å²) in [5.74, 6) is -0.308. The van der Waals surface area contributed by atoms with Crippen molar-refractivity contribution in [2.45, 2.75) is 0 Å². The lowest BCUT2D eigenvalue weighted by atomic mass is 10.1. The van der Waals surface area contributed by atoms with Crippen molar-refractivity contribution in [3.05, 3.63) is 47.5 Å². The highest BCUT2D eigenvalue weighted by molar-refractivity contribution is 5.99. The Morgan fingerprint density at radius 2 is 1.68 bits per heavy atom. The van der Waals surface area contributed by atoms with E-state index in [-0.39, 0.29) is 28.4 Å². The summed E-state index contributed by atoms with van der Waals surface area (Å²) in [5, 5.41) is 9.63. The van der Waals surface area contributed by atoms with Crippen LogP contribution >= 0.6 is 0 Å². The molecule has 5 heteroatoms. The van der Waals surface area contributed by atoms with Gasteiger partial charge in [-0.1, -0.05) is 12.1 Å². The Bertz CT molecular complexity index is 690.